The fourth-order valence-corrected chi connectivity index (χ4v) is 1.75. The molecular formula is C13H11NO5. The monoisotopic (exact) mass is 261 g/mol. The van der Waals surface area contributed by atoms with Gasteiger partial charge in [-0.1, -0.05) is 12.1 Å². The highest BCUT2D eigenvalue weighted by Gasteiger charge is 2.17. The second-order valence-corrected chi connectivity index (χ2v) is 3.85. The number of rotatable bonds is 3. The van der Waals surface area contributed by atoms with Crippen molar-refractivity contribution in [1.82, 2.24) is 0 Å². The average molecular weight is 261 g/mol. The van der Waals surface area contributed by atoms with Crippen LogP contribution in [0.4, 0.5) is 5.88 Å². The van der Waals surface area contributed by atoms with Crippen LogP contribution in [0.2, 0.25) is 0 Å². The van der Waals surface area contributed by atoms with Crippen molar-refractivity contribution in [1.29, 1.82) is 0 Å². The Labute approximate surface area is 108 Å². The topological polar surface area (TPSA) is 85.6 Å². The van der Waals surface area contributed by atoms with Crippen LogP contribution >= 0.6 is 0 Å². The smallest absolute Gasteiger partial charge is 0.290 e. The summed E-state index contributed by atoms with van der Waals surface area (Å²) in [4.78, 5) is 33.6. The number of nitrogens with one attached hydrogen (secondary N) is 1. The van der Waals surface area contributed by atoms with Gasteiger partial charge < -0.3 is 9.15 Å². The first-order chi connectivity index (χ1) is 9.08. The Morgan fingerprint density at radius 1 is 1.42 bits per heavy atom. The van der Waals surface area contributed by atoms with E-state index in [2.05, 4.69) is 5.32 Å². The van der Waals surface area contributed by atoms with Crippen molar-refractivity contribution in [3.8, 4) is 5.75 Å². The van der Waals surface area contributed by atoms with Crippen LogP contribution in [0.1, 0.15) is 5.56 Å². The third-order valence-corrected chi connectivity index (χ3v) is 2.62. The van der Waals surface area contributed by atoms with Crippen molar-refractivity contribution in [3.05, 3.63) is 34.0 Å². The summed E-state index contributed by atoms with van der Waals surface area (Å²) in [5.74, 6) is -1.24. The van der Waals surface area contributed by atoms with Crippen LogP contribution in [-0.4, -0.2) is 19.3 Å². The molecule has 1 heterocycles. The van der Waals surface area contributed by atoms with Gasteiger partial charge in [0.25, 0.3) is 5.91 Å². The van der Waals surface area contributed by atoms with Crippen molar-refractivity contribution >= 4 is 29.0 Å². The minimum Gasteiger partial charge on any atom is -0.488 e. The predicted molar refractivity (Wildman–Crippen MR) is 68.5 cm³/mol. The van der Waals surface area contributed by atoms with Crippen LogP contribution in [0.25, 0.3) is 11.0 Å². The van der Waals surface area contributed by atoms with Crippen LogP contribution in [0.5, 0.6) is 5.75 Å². The van der Waals surface area contributed by atoms with Gasteiger partial charge in [0.15, 0.2) is 0 Å². The summed E-state index contributed by atoms with van der Waals surface area (Å²) in [6, 6.07) is 5.09. The van der Waals surface area contributed by atoms with Crippen LogP contribution in [-0.2, 0) is 9.59 Å². The number of amides is 1. The molecule has 6 heteroatoms. The molecule has 0 aliphatic rings. The molecule has 1 aromatic heterocycles. The molecule has 1 aromatic carbocycles. The largest absolute Gasteiger partial charge is 0.488 e. The van der Waals surface area contributed by atoms with E-state index in [1.54, 1.807) is 25.1 Å². The number of methoxy groups -OCH3 is 1. The molecule has 0 spiro atoms. The van der Waals surface area contributed by atoms with E-state index in [9.17, 15) is 14.4 Å². The summed E-state index contributed by atoms with van der Waals surface area (Å²) in [6.45, 7) is 1.77. The molecule has 0 fully saturated rings. The van der Waals surface area contributed by atoms with Gasteiger partial charge in [-0.2, -0.15) is 0 Å². The standard InChI is InChI=1S/C13H11NO5/c1-7-4-3-5-8-10(17)12(18-2)13(19-11(7)8)14-9(16)6-15/h3-6H,1-2H3,(H,14,16). The molecule has 2 rings (SSSR count). The lowest BCUT2D eigenvalue weighted by molar-refractivity contribution is -0.127. The Morgan fingerprint density at radius 3 is 2.79 bits per heavy atom. The van der Waals surface area contributed by atoms with Gasteiger partial charge in [0.2, 0.25) is 23.3 Å². The molecule has 0 aliphatic carbocycles. The number of fused-ring (bicyclic) bond motifs is 1. The zero-order valence-corrected chi connectivity index (χ0v) is 10.4. The number of hydrogen-bond donors (Lipinski definition) is 1. The van der Waals surface area contributed by atoms with E-state index in [1.807, 2.05) is 0 Å². The van der Waals surface area contributed by atoms with Crippen LogP contribution < -0.4 is 15.5 Å². The molecular weight excluding hydrogens is 250 g/mol. The molecule has 0 aliphatic heterocycles. The molecule has 19 heavy (non-hydrogen) atoms. The number of aldehydes is 1. The van der Waals surface area contributed by atoms with E-state index in [0.29, 0.717) is 11.0 Å². The Hall–Kier alpha value is -2.63. The number of carbonyl (C=O) groups is 2. The second-order valence-electron chi connectivity index (χ2n) is 3.85. The Morgan fingerprint density at radius 2 is 2.16 bits per heavy atom. The Bertz CT molecular complexity index is 717. The quantitative estimate of drug-likeness (QED) is 0.663. The third-order valence-electron chi connectivity index (χ3n) is 2.62. The summed E-state index contributed by atoms with van der Waals surface area (Å²) < 4.78 is 10.4. The van der Waals surface area contributed by atoms with Gasteiger partial charge in [-0.15, -0.1) is 0 Å². The Kier molecular flexibility index (Phi) is 3.33. The highest BCUT2D eigenvalue weighted by Crippen LogP contribution is 2.27. The van der Waals surface area contributed by atoms with Gasteiger partial charge in [-0.3, -0.25) is 19.7 Å². The molecule has 2 aromatic rings. The SMILES string of the molecule is COc1c(NC(=O)C=O)oc2c(C)cccc2c1=O. The molecule has 98 valence electrons. The van der Waals surface area contributed by atoms with Gasteiger partial charge in [-0.05, 0) is 18.6 Å². The highest BCUT2D eigenvalue weighted by atomic mass is 16.5. The summed E-state index contributed by atoms with van der Waals surface area (Å²) in [7, 11) is 1.28. The van der Waals surface area contributed by atoms with E-state index in [4.69, 9.17) is 9.15 Å². The molecule has 6 nitrogen and oxygen atoms in total. The lowest BCUT2D eigenvalue weighted by Crippen LogP contribution is -2.16. The van der Waals surface area contributed by atoms with Crippen molar-refractivity contribution in [2.45, 2.75) is 6.92 Å². The summed E-state index contributed by atoms with van der Waals surface area (Å²) in [5, 5.41) is 2.52. The normalized spacial score (nSPS) is 10.2. The average Bonchev–Trinajstić information content (AvgIpc) is 2.40. The summed E-state index contributed by atoms with van der Waals surface area (Å²) >= 11 is 0. The second kappa shape index (κ2) is 4.93. The zero-order chi connectivity index (χ0) is 14.0. The number of carbonyl (C=O) groups excluding carboxylic acids is 2. The lowest BCUT2D eigenvalue weighted by atomic mass is 10.1. The molecule has 0 saturated heterocycles. The van der Waals surface area contributed by atoms with Crippen LogP contribution in [0.15, 0.2) is 27.4 Å². The maximum Gasteiger partial charge on any atom is 0.290 e. The van der Waals surface area contributed by atoms with Crippen LogP contribution in [0.3, 0.4) is 0 Å². The highest BCUT2D eigenvalue weighted by molar-refractivity contribution is 6.29. The van der Waals surface area contributed by atoms with Crippen molar-refractivity contribution in [2.24, 2.45) is 0 Å². The van der Waals surface area contributed by atoms with E-state index in [0.717, 1.165) is 5.56 Å². The molecule has 0 saturated carbocycles. The first kappa shape index (κ1) is 12.8. The van der Waals surface area contributed by atoms with Gasteiger partial charge in [-0.25, -0.2) is 0 Å². The number of benzene rings is 1. The van der Waals surface area contributed by atoms with Crippen molar-refractivity contribution in [2.75, 3.05) is 12.4 Å². The van der Waals surface area contributed by atoms with E-state index in [-0.39, 0.29) is 17.9 Å². The van der Waals surface area contributed by atoms with Gasteiger partial charge in [0.1, 0.15) is 5.58 Å². The maximum atomic E-state index is 12.2. The van der Waals surface area contributed by atoms with Crippen LogP contribution in [0, 0.1) is 6.92 Å². The molecule has 1 N–H and O–H groups in total. The first-order valence-corrected chi connectivity index (χ1v) is 5.45. The minimum atomic E-state index is -0.922. The van der Waals surface area contributed by atoms with Gasteiger partial charge >= 0.3 is 0 Å². The summed E-state index contributed by atoms with van der Waals surface area (Å²) in [6.07, 6.45) is 0.0848. The number of anilines is 1. The van der Waals surface area contributed by atoms with E-state index >= 15 is 0 Å². The third kappa shape index (κ3) is 2.20. The molecule has 0 bridgehead atoms. The van der Waals surface area contributed by atoms with E-state index < -0.39 is 11.3 Å². The molecule has 0 unspecified atom stereocenters. The van der Waals surface area contributed by atoms with Crippen molar-refractivity contribution < 1.29 is 18.7 Å². The van der Waals surface area contributed by atoms with Crippen molar-refractivity contribution in [3.63, 3.8) is 0 Å². The zero-order valence-electron chi connectivity index (χ0n) is 10.4. The maximum absolute atomic E-state index is 12.2. The molecule has 1 amide bonds. The number of hydrogen-bond acceptors (Lipinski definition) is 5. The Balaban J connectivity index is 2.76. The van der Waals surface area contributed by atoms with E-state index in [1.165, 1.54) is 7.11 Å². The summed E-state index contributed by atoms with van der Waals surface area (Å²) in [5.41, 5.74) is 0.669. The van der Waals surface area contributed by atoms with Gasteiger partial charge in [0.05, 0.1) is 12.5 Å². The lowest BCUT2D eigenvalue weighted by Gasteiger charge is -2.09. The molecule has 0 atom stereocenters. The van der Waals surface area contributed by atoms with Gasteiger partial charge in [0, 0.05) is 0 Å². The molecule has 0 radical (unpaired) electrons. The number of ether oxygens (including phenoxy) is 1. The minimum absolute atomic E-state index is 0.0848. The fraction of sp³-hybridized carbons (Fsp3) is 0.154. The fourth-order valence-electron chi connectivity index (χ4n) is 1.75. The number of para-hydroxylation sites is 1. The number of aryl methyl sites for hydroxylation is 1. The first-order valence-electron chi connectivity index (χ1n) is 5.45. The predicted octanol–water partition coefficient (Wildman–Crippen LogP) is 1.25.